The molecule has 4 aliphatic carbocycles. The Labute approximate surface area is 174 Å². The van der Waals surface area contributed by atoms with Crippen molar-refractivity contribution in [1.29, 1.82) is 0 Å². The summed E-state index contributed by atoms with van der Waals surface area (Å²) in [4.78, 5) is 24.8. The highest BCUT2D eigenvalue weighted by Crippen LogP contribution is 2.69. The van der Waals surface area contributed by atoms with Gasteiger partial charge in [0.2, 0.25) is 0 Å². The molecule has 4 nitrogen and oxygen atoms in total. The van der Waals surface area contributed by atoms with Crippen LogP contribution in [0.1, 0.15) is 79.1 Å². The standard InChI is InChI=1S/C25H36O4/c1-5-6-20-28-22-21-17(8-7-15-13-16(27)11-12-24(15,21)3)19-10-9-18(14(2)26)25(19,4)23(22)29-20/h13,17-23H,5-12H2,1-4H3/t17-,18+,19-,20?,21+,22-,23?,24-,25+/m0/s1. The fourth-order valence-electron chi connectivity index (χ4n) is 8.36. The minimum absolute atomic E-state index is 0.00416. The Bertz CT molecular complexity index is 756. The molecule has 0 spiro atoms. The molecule has 5 rings (SSSR count). The van der Waals surface area contributed by atoms with Crippen LogP contribution in [0.15, 0.2) is 11.6 Å². The van der Waals surface area contributed by atoms with E-state index in [-0.39, 0.29) is 41.0 Å². The molecular weight excluding hydrogens is 364 g/mol. The summed E-state index contributed by atoms with van der Waals surface area (Å²) in [5.41, 5.74) is 1.25. The van der Waals surface area contributed by atoms with Crippen molar-refractivity contribution in [2.45, 2.75) is 97.6 Å². The molecule has 9 atom stereocenters. The van der Waals surface area contributed by atoms with Crippen LogP contribution < -0.4 is 0 Å². The average Bonchev–Trinajstić information content (AvgIpc) is 3.24. The van der Waals surface area contributed by atoms with E-state index in [0.29, 0.717) is 30.0 Å². The second-order valence-electron chi connectivity index (χ2n) is 10.9. The monoisotopic (exact) mass is 400 g/mol. The summed E-state index contributed by atoms with van der Waals surface area (Å²) in [6.07, 6.45) is 9.63. The van der Waals surface area contributed by atoms with Gasteiger partial charge in [-0.2, -0.15) is 0 Å². The second kappa shape index (κ2) is 6.75. The number of hydrogen-bond donors (Lipinski definition) is 0. The van der Waals surface area contributed by atoms with Crippen molar-refractivity contribution in [3.8, 4) is 0 Å². The van der Waals surface area contributed by atoms with Crippen LogP contribution in [0.25, 0.3) is 0 Å². The van der Waals surface area contributed by atoms with Crippen molar-refractivity contribution in [3.05, 3.63) is 11.6 Å². The van der Waals surface area contributed by atoms with E-state index in [1.54, 1.807) is 6.92 Å². The van der Waals surface area contributed by atoms with Gasteiger partial charge in [0.25, 0.3) is 0 Å². The van der Waals surface area contributed by atoms with Gasteiger partial charge in [-0.05, 0) is 68.8 Å². The number of ether oxygens (including phenoxy) is 2. The normalized spacial score (nSPS) is 51.0. The lowest BCUT2D eigenvalue weighted by atomic mass is 9.45. The van der Waals surface area contributed by atoms with Crippen LogP contribution in [0.2, 0.25) is 0 Å². The number of carbonyl (C=O) groups excluding carboxylic acids is 2. The first-order valence-corrected chi connectivity index (χ1v) is 11.9. The molecular formula is C25H36O4. The number of Topliss-reactive ketones (excluding diaryl/α,β-unsaturated/α-hetero) is 1. The van der Waals surface area contributed by atoms with E-state index in [4.69, 9.17) is 9.47 Å². The zero-order valence-electron chi connectivity index (χ0n) is 18.4. The highest BCUT2D eigenvalue weighted by Gasteiger charge is 2.69. The Kier molecular flexibility index (Phi) is 4.64. The molecule has 4 heteroatoms. The summed E-state index contributed by atoms with van der Waals surface area (Å²) in [7, 11) is 0. The van der Waals surface area contributed by atoms with Gasteiger partial charge in [-0.1, -0.05) is 32.8 Å². The van der Waals surface area contributed by atoms with Crippen molar-refractivity contribution < 1.29 is 19.1 Å². The Morgan fingerprint density at radius 1 is 1.17 bits per heavy atom. The van der Waals surface area contributed by atoms with Crippen LogP contribution in [-0.2, 0) is 19.1 Å². The Hall–Kier alpha value is -1.00. The third kappa shape index (κ3) is 2.64. The van der Waals surface area contributed by atoms with Crippen LogP contribution in [0.4, 0.5) is 0 Å². The van der Waals surface area contributed by atoms with E-state index in [1.165, 1.54) is 5.57 Å². The van der Waals surface area contributed by atoms with E-state index in [9.17, 15) is 9.59 Å². The molecule has 0 amide bonds. The minimum Gasteiger partial charge on any atom is -0.346 e. The predicted octanol–water partition coefficient (Wildman–Crippen LogP) is 4.85. The number of fused-ring (bicyclic) bond motifs is 8. The molecule has 0 aromatic carbocycles. The lowest BCUT2D eigenvalue weighted by molar-refractivity contribution is -0.162. The summed E-state index contributed by atoms with van der Waals surface area (Å²) in [5.74, 6) is 2.17. The molecule has 0 aromatic heterocycles. The summed E-state index contributed by atoms with van der Waals surface area (Å²) >= 11 is 0. The topological polar surface area (TPSA) is 52.6 Å². The first kappa shape index (κ1) is 19.9. The Morgan fingerprint density at radius 2 is 1.97 bits per heavy atom. The van der Waals surface area contributed by atoms with Gasteiger partial charge in [0.05, 0.1) is 12.2 Å². The van der Waals surface area contributed by atoms with Crippen molar-refractivity contribution in [2.75, 3.05) is 0 Å². The third-order valence-electron chi connectivity index (χ3n) is 9.62. The molecule has 1 saturated heterocycles. The molecule has 2 unspecified atom stereocenters. The first-order valence-electron chi connectivity index (χ1n) is 11.9. The summed E-state index contributed by atoms with van der Waals surface area (Å²) < 4.78 is 13.3. The van der Waals surface area contributed by atoms with Gasteiger partial charge in [-0.25, -0.2) is 0 Å². The molecule has 3 saturated carbocycles. The second-order valence-corrected chi connectivity index (χ2v) is 10.9. The van der Waals surface area contributed by atoms with Crippen LogP contribution in [0, 0.1) is 34.5 Å². The molecule has 4 fully saturated rings. The van der Waals surface area contributed by atoms with Gasteiger partial charge in [0, 0.05) is 23.7 Å². The fourth-order valence-corrected chi connectivity index (χ4v) is 8.36. The lowest BCUT2D eigenvalue weighted by Crippen LogP contribution is -2.63. The fraction of sp³-hybridized carbons (Fsp3) is 0.840. The number of ketones is 2. The van der Waals surface area contributed by atoms with Crippen LogP contribution in [0.5, 0.6) is 0 Å². The van der Waals surface area contributed by atoms with E-state index in [0.717, 1.165) is 44.9 Å². The van der Waals surface area contributed by atoms with E-state index in [1.807, 2.05) is 6.08 Å². The van der Waals surface area contributed by atoms with E-state index in [2.05, 4.69) is 20.8 Å². The van der Waals surface area contributed by atoms with Crippen molar-refractivity contribution in [3.63, 3.8) is 0 Å². The van der Waals surface area contributed by atoms with Crippen LogP contribution >= 0.6 is 0 Å². The van der Waals surface area contributed by atoms with Crippen molar-refractivity contribution in [2.24, 2.45) is 34.5 Å². The SMILES string of the molecule is CCCC1OC2[C@@H](O1)[C@H]1[C@@H](CCC3=CC(=O)CC[C@@]31C)[C@@H]1CC[C@H](C(C)=O)[C@@]21C. The van der Waals surface area contributed by atoms with Gasteiger partial charge >= 0.3 is 0 Å². The predicted molar refractivity (Wildman–Crippen MR) is 110 cm³/mol. The summed E-state index contributed by atoms with van der Waals surface area (Å²) in [6, 6.07) is 0. The minimum atomic E-state index is -0.150. The lowest BCUT2D eigenvalue weighted by Gasteiger charge is -2.61. The van der Waals surface area contributed by atoms with E-state index >= 15 is 0 Å². The van der Waals surface area contributed by atoms with Gasteiger partial charge < -0.3 is 9.47 Å². The average molecular weight is 401 g/mol. The van der Waals surface area contributed by atoms with Crippen LogP contribution in [-0.4, -0.2) is 30.1 Å². The Morgan fingerprint density at radius 3 is 2.69 bits per heavy atom. The molecule has 0 bridgehead atoms. The number of rotatable bonds is 3. The smallest absolute Gasteiger partial charge is 0.158 e. The first-order chi connectivity index (χ1) is 13.8. The van der Waals surface area contributed by atoms with Gasteiger partial charge in [-0.3, -0.25) is 9.59 Å². The highest BCUT2D eigenvalue weighted by atomic mass is 16.7. The molecule has 160 valence electrons. The van der Waals surface area contributed by atoms with Crippen molar-refractivity contribution in [1.82, 2.24) is 0 Å². The molecule has 1 aliphatic heterocycles. The summed E-state index contributed by atoms with van der Waals surface area (Å²) in [5, 5.41) is 0. The maximum absolute atomic E-state index is 12.6. The molecule has 0 radical (unpaired) electrons. The Balaban J connectivity index is 1.60. The van der Waals surface area contributed by atoms with Crippen molar-refractivity contribution >= 4 is 11.6 Å². The maximum atomic E-state index is 12.6. The highest BCUT2D eigenvalue weighted by molar-refractivity contribution is 5.91. The third-order valence-corrected chi connectivity index (χ3v) is 9.62. The molecule has 0 N–H and O–H groups in total. The maximum Gasteiger partial charge on any atom is 0.158 e. The van der Waals surface area contributed by atoms with E-state index < -0.39 is 0 Å². The molecule has 1 heterocycles. The quantitative estimate of drug-likeness (QED) is 0.679. The zero-order chi connectivity index (χ0) is 20.6. The zero-order valence-corrected chi connectivity index (χ0v) is 18.4. The molecule has 0 aromatic rings. The summed E-state index contributed by atoms with van der Waals surface area (Å²) in [6.45, 7) is 8.66. The van der Waals surface area contributed by atoms with Gasteiger partial charge in [-0.15, -0.1) is 0 Å². The van der Waals surface area contributed by atoms with Gasteiger partial charge in [0.1, 0.15) is 5.78 Å². The molecule has 5 aliphatic rings. The number of carbonyl (C=O) groups is 2. The largest absolute Gasteiger partial charge is 0.346 e. The van der Waals surface area contributed by atoms with Crippen LogP contribution in [0.3, 0.4) is 0 Å². The number of allylic oxidation sites excluding steroid dienone is 1. The van der Waals surface area contributed by atoms with Gasteiger partial charge in [0.15, 0.2) is 12.1 Å². The molecule has 29 heavy (non-hydrogen) atoms. The number of hydrogen-bond acceptors (Lipinski definition) is 4.